The number of para-hydroxylation sites is 1. The van der Waals surface area contributed by atoms with Gasteiger partial charge in [0.15, 0.2) is 0 Å². The molecule has 1 aliphatic heterocycles. The summed E-state index contributed by atoms with van der Waals surface area (Å²) >= 11 is 0. The van der Waals surface area contributed by atoms with Gasteiger partial charge < -0.3 is 13.9 Å². The molecule has 62 heavy (non-hydrogen) atoms. The van der Waals surface area contributed by atoms with Gasteiger partial charge in [0.2, 0.25) is 0 Å². The Bertz CT molecular complexity index is 3130. The molecule has 8 aromatic carbocycles. The van der Waals surface area contributed by atoms with Crippen LogP contribution in [0.1, 0.15) is 49.9 Å². The second kappa shape index (κ2) is 14.6. The Kier molecular flexibility index (Phi) is 9.10. The highest BCUT2D eigenvalue weighted by Crippen LogP contribution is 2.57. The lowest BCUT2D eigenvalue weighted by molar-refractivity contribution is 0.00578. The van der Waals surface area contributed by atoms with Gasteiger partial charge in [0.1, 0.15) is 7.80 Å². The fourth-order valence-electron chi connectivity index (χ4n) is 9.75. The molecule has 1 aromatic heterocycles. The molecule has 0 amide bonds. The van der Waals surface area contributed by atoms with Crippen LogP contribution in [0.5, 0.6) is 0 Å². The minimum atomic E-state index is -2.15. The first kappa shape index (κ1) is 38.6. The minimum absolute atomic E-state index is 0.440. The van der Waals surface area contributed by atoms with Crippen molar-refractivity contribution in [1.82, 2.24) is 4.98 Å². The predicted molar refractivity (Wildman–Crippen MR) is 258 cm³/mol. The van der Waals surface area contributed by atoms with Gasteiger partial charge >= 0.3 is 7.12 Å². The Balaban J connectivity index is 1.16. The fraction of sp³-hybridized carbons (Fsp3) is 0.125. The molecule has 2 heterocycles. The largest absolute Gasteiger partial charge is 0.494 e. The Morgan fingerprint density at radius 2 is 1.02 bits per heavy atom. The highest BCUT2D eigenvalue weighted by atomic mass is 31.1. The van der Waals surface area contributed by atoms with E-state index in [-0.39, 0.29) is 0 Å². The molecule has 0 saturated carbocycles. The Labute approximate surface area is 364 Å². The normalized spacial score (nSPS) is 16.3. The third kappa shape index (κ3) is 5.98. The number of fused-ring (bicyclic) bond motifs is 6. The van der Waals surface area contributed by atoms with Crippen molar-refractivity contribution >= 4 is 52.7 Å². The van der Waals surface area contributed by atoms with Crippen molar-refractivity contribution < 1.29 is 13.9 Å². The zero-order chi connectivity index (χ0) is 42.2. The highest BCUT2D eigenvalue weighted by molar-refractivity contribution is 7.61. The molecule has 0 N–H and O–H groups in total. The summed E-state index contributed by atoms with van der Waals surface area (Å²) in [6.07, 6.45) is 0. The number of pyridine rings is 1. The summed E-state index contributed by atoms with van der Waals surface area (Å²) in [7, 11) is -2.61. The van der Waals surface area contributed by atoms with E-state index in [0.717, 1.165) is 60.1 Å². The quantitative estimate of drug-likeness (QED) is 0.0913. The van der Waals surface area contributed by atoms with Crippen LogP contribution in [0.4, 0.5) is 0 Å². The molecule has 1 saturated heterocycles. The molecule has 4 nitrogen and oxygen atoms in total. The van der Waals surface area contributed by atoms with Crippen molar-refractivity contribution in [3.63, 3.8) is 0 Å². The first-order valence-electron chi connectivity index (χ1n) is 21.4. The standard InChI is InChI=1S/C56H45BNO3P/c1-54(2)55(3,4)61-57(60-54)41-31-27-38(28-32-41)52-49-35-48-45-23-14-15-26-50(45)56(39-17-8-5-9-18-39,40-19-10-6-11-20-40)51(48)36-47(49)46-25-16-24-44(53(46)58-52)37-29-33-43(34-30-37)62(59)42-21-12-7-13-22-42/h5-36,62H,1-4H3. The predicted octanol–water partition coefficient (Wildman–Crippen LogP) is 11.9. The van der Waals surface area contributed by atoms with Gasteiger partial charge in [-0.1, -0.05) is 182 Å². The van der Waals surface area contributed by atoms with Gasteiger partial charge in [0, 0.05) is 32.5 Å². The maximum atomic E-state index is 13.6. The second-order valence-electron chi connectivity index (χ2n) is 17.6. The van der Waals surface area contributed by atoms with Crippen LogP contribution in [0.25, 0.3) is 55.2 Å². The molecule has 6 heteroatoms. The van der Waals surface area contributed by atoms with E-state index >= 15 is 0 Å². The van der Waals surface area contributed by atoms with Crippen LogP contribution in [-0.4, -0.2) is 23.3 Å². The van der Waals surface area contributed by atoms with Gasteiger partial charge in [0.05, 0.1) is 27.8 Å². The van der Waals surface area contributed by atoms with Crippen molar-refractivity contribution in [2.75, 3.05) is 0 Å². The van der Waals surface area contributed by atoms with Gasteiger partial charge in [-0.2, -0.15) is 0 Å². The van der Waals surface area contributed by atoms with E-state index in [1.54, 1.807) is 0 Å². The van der Waals surface area contributed by atoms with Crippen molar-refractivity contribution in [2.45, 2.75) is 44.3 Å². The van der Waals surface area contributed by atoms with Crippen molar-refractivity contribution in [2.24, 2.45) is 0 Å². The monoisotopic (exact) mass is 821 g/mol. The van der Waals surface area contributed by atoms with Crippen LogP contribution in [0.15, 0.2) is 194 Å². The zero-order valence-electron chi connectivity index (χ0n) is 35.2. The summed E-state index contributed by atoms with van der Waals surface area (Å²) in [5.74, 6) is 0. The van der Waals surface area contributed by atoms with Crippen molar-refractivity contribution in [3.05, 3.63) is 216 Å². The molecular formula is C56H45BNO3P. The van der Waals surface area contributed by atoms with E-state index in [0.29, 0.717) is 0 Å². The summed E-state index contributed by atoms with van der Waals surface area (Å²) < 4.78 is 26.5. The van der Waals surface area contributed by atoms with Gasteiger partial charge in [0.25, 0.3) is 0 Å². The summed E-state index contributed by atoms with van der Waals surface area (Å²) in [4.78, 5) is 5.64. The summed E-state index contributed by atoms with van der Waals surface area (Å²) in [5.41, 5.74) is 11.8. The van der Waals surface area contributed by atoms with Gasteiger partial charge in [-0.05, 0) is 89.6 Å². The van der Waals surface area contributed by atoms with Crippen molar-refractivity contribution in [1.29, 1.82) is 0 Å². The number of rotatable bonds is 7. The van der Waals surface area contributed by atoms with E-state index in [1.165, 1.54) is 33.4 Å². The fourth-order valence-corrected chi connectivity index (χ4v) is 11.0. The number of benzene rings is 8. The van der Waals surface area contributed by atoms with Crippen LogP contribution in [0, 0.1) is 0 Å². The molecule has 1 aliphatic carbocycles. The van der Waals surface area contributed by atoms with Crippen LogP contribution in [0.3, 0.4) is 0 Å². The molecule has 9 aromatic rings. The van der Waals surface area contributed by atoms with Crippen LogP contribution < -0.4 is 16.1 Å². The average molecular weight is 822 g/mol. The molecule has 2 aliphatic rings. The molecule has 1 fully saturated rings. The summed E-state index contributed by atoms with van der Waals surface area (Å²) in [6, 6.07) is 68.7. The first-order chi connectivity index (χ1) is 30.1. The Morgan fingerprint density at radius 3 is 1.66 bits per heavy atom. The molecule has 0 spiro atoms. The molecule has 0 radical (unpaired) electrons. The van der Waals surface area contributed by atoms with Crippen LogP contribution >= 0.6 is 7.80 Å². The maximum Gasteiger partial charge on any atom is 0.494 e. The Morgan fingerprint density at radius 1 is 0.468 bits per heavy atom. The van der Waals surface area contributed by atoms with Gasteiger partial charge in [-0.15, -0.1) is 0 Å². The number of hydrogen-bond acceptors (Lipinski definition) is 4. The maximum absolute atomic E-state index is 13.6. The highest BCUT2D eigenvalue weighted by Gasteiger charge is 2.52. The number of nitrogens with zero attached hydrogens (tertiary/aromatic N) is 1. The molecule has 0 bridgehead atoms. The van der Waals surface area contributed by atoms with Crippen molar-refractivity contribution in [3.8, 4) is 33.5 Å². The smallest absolute Gasteiger partial charge is 0.399 e. The molecule has 11 rings (SSSR count). The third-order valence-corrected chi connectivity index (χ3v) is 15.3. The molecule has 1 unspecified atom stereocenters. The minimum Gasteiger partial charge on any atom is -0.399 e. The first-order valence-corrected chi connectivity index (χ1v) is 22.8. The van der Waals surface area contributed by atoms with Gasteiger partial charge in [-0.3, -0.25) is 0 Å². The summed E-state index contributed by atoms with van der Waals surface area (Å²) in [6.45, 7) is 8.34. The zero-order valence-corrected chi connectivity index (χ0v) is 36.2. The number of hydrogen-bond donors (Lipinski definition) is 0. The average Bonchev–Trinajstić information content (AvgIpc) is 3.73. The molecule has 1 atom stereocenters. The van der Waals surface area contributed by atoms with E-state index in [1.807, 2.05) is 42.5 Å². The van der Waals surface area contributed by atoms with Crippen LogP contribution in [0.2, 0.25) is 0 Å². The molecular weight excluding hydrogens is 776 g/mol. The summed E-state index contributed by atoms with van der Waals surface area (Å²) in [5, 5.41) is 4.98. The third-order valence-electron chi connectivity index (χ3n) is 13.6. The van der Waals surface area contributed by atoms with Crippen LogP contribution in [-0.2, 0) is 19.3 Å². The molecule has 300 valence electrons. The topological polar surface area (TPSA) is 48.4 Å². The Hall–Kier alpha value is -6.36. The lowest BCUT2D eigenvalue weighted by atomic mass is 9.67. The lowest BCUT2D eigenvalue weighted by Crippen LogP contribution is -2.41. The SMILES string of the molecule is CC1(C)OB(c2ccc(-c3nc4c(-c5ccc([PH](=O)c6ccccc6)cc5)cccc4c4cc5c(cc34)-c3ccccc3C5(c3ccccc3)c3ccccc3)cc2)OC1(C)C. The van der Waals surface area contributed by atoms with E-state index < -0.39 is 31.5 Å². The van der Waals surface area contributed by atoms with E-state index in [4.69, 9.17) is 14.3 Å². The second-order valence-corrected chi connectivity index (χ2v) is 19.4. The van der Waals surface area contributed by atoms with Gasteiger partial charge in [-0.25, -0.2) is 4.98 Å². The lowest BCUT2D eigenvalue weighted by Gasteiger charge is -2.34. The van der Waals surface area contributed by atoms with E-state index in [2.05, 4.69) is 179 Å². The van der Waals surface area contributed by atoms with E-state index in [9.17, 15) is 4.57 Å². The number of aromatic nitrogens is 1.